The van der Waals surface area contributed by atoms with E-state index < -0.39 is 3.42 Å². The highest BCUT2D eigenvalue weighted by Gasteiger charge is 2.28. The Morgan fingerprint density at radius 1 is 1.36 bits per heavy atom. The quantitative estimate of drug-likeness (QED) is 0.696. The van der Waals surface area contributed by atoms with Crippen LogP contribution >= 0.6 is 64.0 Å². The third kappa shape index (κ3) is 3.02. The van der Waals surface area contributed by atoms with Gasteiger partial charge in [0.2, 0.25) is 3.42 Å². The summed E-state index contributed by atoms with van der Waals surface area (Å²) in [5, 5.41) is 8.93. The number of alkyl halides is 2. The zero-order valence-electron chi connectivity index (χ0n) is 6.81. The average molecular weight is 454 g/mol. The topological polar surface area (TPSA) is 29.5 Å². The lowest BCUT2D eigenvalue weighted by Crippen LogP contribution is -2.09. The number of rotatable bonds is 3. The monoisotopic (exact) mass is 450 g/mol. The number of hydrogen-bond donors (Lipinski definition) is 1. The van der Waals surface area contributed by atoms with Crippen LogP contribution in [0.2, 0.25) is 0 Å². The van der Waals surface area contributed by atoms with Crippen molar-refractivity contribution in [1.29, 1.82) is 0 Å². The van der Waals surface area contributed by atoms with E-state index in [4.69, 9.17) is 8.93 Å². The molecular weight excluding hydrogens is 448 g/mol. The van der Waals surface area contributed by atoms with E-state index in [0.717, 1.165) is 15.6 Å². The van der Waals surface area contributed by atoms with Crippen molar-refractivity contribution in [3.63, 3.8) is 0 Å². The van der Waals surface area contributed by atoms with Crippen molar-refractivity contribution in [3.05, 3.63) is 33.8 Å². The maximum Gasteiger partial charge on any atom is 0.217 e. The van der Waals surface area contributed by atoms with E-state index in [9.17, 15) is 0 Å². The van der Waals surface area contributed by atoms with Gasteiger partial charge < -0.3 is 5.11 Å². The Hall–Kier alpha value is 1.06. The SMILES string of the molecule is OCc1ccc(C(Br)(Br)OBr)c(Br)c1. The van der Waals surface area contributed by atoms with Crippen molar-refractivity contribution < 1.29 is 8.93 Å². The van der Waals surface area contributed by atoms with E-state index in [2.05, 4.69) is 64.0 Å². The fraction of sp³-hybridized carbons (Fsp3) is 0.250. The van der Waals surface area contributed by atoms with Crippen molar-refractivity contribution >= 4 is 64.0 Å². The largest absolute Gasteiger partial charge is 0.392 e. The molecule has 14 heavy (non-hydrogen) atoms. The molecular formula is C8H6Br4O2. The molecule has 0 aromatic heterocycles. The molecule has 0 radical (unpaired) electrons. The van der Waals surface area contributed by atoms with Gasteiger partial charge in [-0.15, -0.1) is 0 Å². The summed E-state index contributed by atoms with van der Waals surface area (Å²) in [6.07, 6.45) is 0. The number of aliphatic hydroxyl groups is 1. The van der Waals surface area contributed by atoms with Gasteiger partial charge in [0.1, 0.15) is 16.3 Å². The Labute approximate surface area is 116 Å². The summed E-state index contributed by atoms with van der Waals surface area (Å²) in [6.45, 7) is 0.0195. The van der Waals surface area contributed by atoms with Gasteiger partial charge in [0.25, 0.3) is 0 Å². The molecule has 2 nitrogen and oxygen atoms in total. The summed E-state index contributed by atoms with van der Waals surface area (Å²) in [4.78, 5) is 0. The van der Waals surface area contributed by atoms with E-state index in [1.54, 1.807) is 0 Å². The van der Waals surface area contributed by atoms with E-state index in [0.29, 0.717) is 0 Å². The Morgan fingerprint density at radius 3 is 2.43 bits per heavy atom. The van der Waals surface area contributed by atoms with Crippen LogP contribution in [0.25, 0.3) is 0 Å². The molecule has 6 heteroatoms. The molecule has 0 aliphatic heterocycles. The van der Waals surface area contributed by atoms with Crippen molar-refractivity contribution in [2.45, 2.75) is 10.0 Å². The first kappa shape index (κ1) is 13.1. The van der Waals surface area contributed by atoms with Crippen LogP contribution in [0.4, 0.5) is 0 Å². The Balaban J connectivity index is 3.12. The van der Waals surface area contributed by atoms with Crippen molar-refractivity contribution in [2.24, 2.45) is 0 Å². The molecule has 0 heterocycles. The lowest BCUT2D eigenvalue weighted by molar-refractivity contribution is 0.281. The van der Waals surface area contributed by atoms with Crippen LogP contribution in [0.15, 0.2) is 22.7 Å². The summed E-state index contributed by atoms with van der Waals surface area (Å²) in [7, 11) is 0. The Kier molecular flexibility index (Phi) is 5.07. The van der Waals surface area contributed by atoms with Crippen LogP contribution in [0.3, 0.4) is 0 Å². The molecule has 0 spiro atoms. The zero-order chi connectivity index (χ0) is 10.8. The normalized spacial score (nSPS) is 11.8. The van der Waals surface area contributed by atoms with Crippen molar-refractivity contribution in [1.82, 2.24) is 0 Å². The molecule has 0 amide bonds. The number of hydrogen-bond acceptors (Lipinski definition) is 2. The summed E-state index contributed by atoms with van der Waals surface area (Å²) < 4.78 is 5.11. The molecule has 0 aliphatic carbocycles. The van der Waals surface area contributed by atoms with Crippen LogP contribution in [0.1, 0.15) is 11.1 Å². The molecule has 0 unspecified atom stereocenters. The lowest BCUT2D eigenvalue weighted by Gasteiger charge is -2.19. The zero-order valence-corrected chi connectivity index (χ0v) is 13.2. The molecule has 0 saturated carbocycles. The number of benzene rings is 1. The molecule has 0 atom stereocenters. The van der Waals surface area contributed by atoms with Gasteiger partial charge in [0, 0.05) is 10.0 Å². The fourth-order valence-corrected chi connectivity index (χ4v) is 3.04. The highest BCUT2D eigenvalue weighted by molar-refractivity contribution is 9.25. The minimum Gasteiger partial charge on any atom is -0.392 e. The predicted octanol–water partition coefficient (Wildman–Crippen LogP) is 4.17. The molecule has 1 aromatic rings. The van der Waals surface area contributed by atoms with Gasteiger partial charge in [-0.05, 0) is 43.5 Å². The Bertz CT molecular complexity index is 327. The highest BCUT2D eigenvalue weighted by atomic mass is 79.9. The van der Waals surface area contributed by atoms with Gasteiger partial charge >= 0.3 is 0 Å². The minimum atomic E-state index is -0.771. The molecule has 1 rings (SSSR count). The predicted molar refractivity (Wildman–Crippen MR) is 69.6 cm³/mol. The van der Waals surface area contributed by atoms with Crippen LogP contribution in [-0.4, -0.2) is 5.11 Å². The molecule has 1 aromatic carbocycles. The molecule has 0 aliphatic rings. The van der Waals surface area contributed by atoms with E-state index in [-0.39, 0.29) is 6.61 Å². The minimum absolute atomic E-state index is 0.0195. The van der Waals surface area contributed by atoms with Gasteiger partial charge in [0.05, 0.1) is 6.61 Å². The van der Waals surface area contributed by atoms with Gasteiger partial charge in [-0.25, -0.2) is 0 Å². The van der Waals surface area contributed by atoms with Gasteiger partial charge in [0.15, 0.2) is 0 Å². The number of aliphatic hydroxyl groups excluding tert-OH is 1. The smallest absolute Gasteiger partial charge is 0.217 e. The van der Waals surface area contributed by atoms with Crippen molar-refractivity contribution in [3.8, 4) is 0 Å². The van der Waals surface area contributed by atoms with E-state index in [1.807, 2.05) is 18.2 Å². The third-order valence-corrected chi connectivity index (χ3v) is 4.82. The van der Waals surface area contributed by atoms with Crippen LogP contribution in [0, 0.1) is 0 Å². The van der Waals surface area contributed by atoms with Gasteiger partial charge in [-0.2, -0.15) is 0 Å². The summed E-state index contributed by atoms with van der Waals surface area (Å²) >= 11 is 13.0. The maximum absolute atomic E-state index is 8.93. The first-order valence-electron chi connectivity index (χ1n) is 3.58. The molecule has 0 fully saturated rings. The average Bonchev–Trinajstić information content (AvgIpc) is 2.17. The summed E-state index contributed by atoms with van der Waals surface area (Å²) in [6, 6.07) is 5.50. The summed E-state index contributed by atoms with van der Waals surface area (Å²) in [5.41, 5.74) is 1.71. The molecule has 78 valence electrons. The summed E-state index contributed by atoms with van der Waals surface area (Å²) in [5.74, 6) is 0. The molecule has 0 bridgehead atoms. The standard InChI is InChI=1S/C8H6Br4O2/c9-7-3-5(4-13)1-2-6(7)8(10,11)14-12/h1-3,13H,4H2. The second kappa shape index (κ2) is 5.41. The third-order valence-electron chi connectivity index (χ3n) is 1.63. The van der Waals surface area contributed by atoms with Crippen molar-refractivity contribution in [2.75, 3.05) is 0 Å². The first-order chi connectivity index (χ1) is 6.51. The fourth-order valence-electron chi connectivity index (χ4n) is 0.935. The van der Waals surface area contributed by atoms with Gasteiger partial charge in [-0.1, -0.05) is 28.1 Å². The van der Waals surface area contributed by atoms with Crippen LogP contribution < -0.4 is 0 Å². The molecule has 0 saturated heterocycles. The Morgan fingerprint density at radius 2 is 2.00 bits per heavy atom. The van der Waals surface area contributed by atoms with Gasteiger partial charge in [-0.3, -0.25) is 3.83 Å². The lowest BCUT2D eigenvalue weighted by atomic mass is 10.1. The highest BCUT2D eigenvalue weighted by Crippen LogP contribution is 2.44. The second-order valence-corrected chi connectivity index (χ2v) is 7.04. The van der Waals surface area contributed by atoms with Crippen LogP contribution in [0.5, 0.6) is 0 Å². The number of halogens is 4. The van der Waals surface area contributed by atoms with Crippen LogP contribution in [-0.2, 0) is 13.9 Å². The maximum atomic E-state index is 8.93. The second-order valence-electron chi connectivity index (χ2n) is 2.57. The van der Waals surface area contributed by atoms with E-state index >= 15 is 0 Å². The molecule has 1 N–H and O–H groups in total. The van der Waals surface area contributed by atoms with E-state index in [1.165, 1.54) is 0 Å². The first-order valence-corrected chi connectivity index (χ1v) is 6.61.